The molecule has 3 rings (SSSR count). The third kappa shape index (κ3) is 5.25. The van der Waals surface area contributed by atoms with Crippen molar-refractivity contribution in [1.82, 2.24) is 5.43 Å². The minimum absolute atomic E-state index is 0.0126. The first-order valence-electron chi connectivity index (χ1n) is 8.81. The molecule has 0 unspecified atom stereocenters. The maximum atomic E-state index is 13.2. The molecule has 0 aliphatic carbocycles. The summed E-state index contributed by atoms with van der Waals surface area (Å²) in [6, 6.07) is 21.0. The lowest BCUT2D eigenvalue weighted by atomic mass is 10.2. The summed E-state index contributed by atoms with van der Waals surface area (Å²) >= 11 is 3.32. The molecule has 0 atom stereocenters. The second-order valence-corrected chi connectivity index (χ2v) is 8.93. The standard InChI is InChI=1S/C21H18BrN3O4S/c22-17-10-12-18(13-11-17)25(30(28,29)19-7-2-1-3-8-19)15-21(27)24-23-14-16-6-4-5-9-20(16)26/h1-14,26H,15H2,(H,24,27)/b23-14-. The van der Waals surface area contributed by atoms with Gasteiger partial charge in [-0.15, -0.1) is 0 Å². The van der Waals surface area contributed by atoms with Crippen molar-refractivity contribution in [3.8, 4) is 5.75 Å². The Balaban J connectivity index is 1.83. The van der Waals surface area contributed by atoms with Crippen LogP contribution in [0.4, 0.5) is 5.69 Å². The first-order chi connectivity index (χ1) is 14.4. The van der Waals surface area contributed by atoms with Crippen LogP contribution >= 0.6 is 15.9 Å². The SMILES string of the molecule is O=C(CN(c1ccc(Br)cc1)S(=O)(=O)c1ccccc1)N/N=C\c1ccccc1O. The molecule has 9 heteroatoms. The molecule has 0 aromatic heterocycles. The van der Waals surface area contributed by atoms with E-state index in [1.54, 1.807) is 60.7 Å². The van der Waals surface area contributed by atoms with Crippen LogP contribution in [0.5, 0.6) is 5.75 Å². The topological polar surface area (TPSA) is 99.1 Å². The third-order valence-electron chi connectivity index (χ3n) is 4.06. The lowest BCUT2D eigenvalue weighted by Gasteiger charge is -2.23. The Morgan fingerprint density at radius 2 is 1.63 bits per heavy atom. The van der Waals surface area contributed by atoms with E-state index in [2.05, 4.69) is 26.5 Å². The van der Waals surface area contributed by atoms with Gasteiger partial charge in [0.2, 0.25) is 0 Å². The Kier molecular flexibility index (Phi) is 6.86. The van der Waals surface area contributed by atoms with Crippen molar-refractivity contribution < 1.29 is 18.3 Å². The average Bonchev–Trinajstić information content (AvgIpc) is 2.75. The van der Waals surface area contributed by atoms with E-state index < -0.39 is 22.5 Å². The lowest BCUT2D eigenvalue weighted by Crippen LogP contribution is -2.39. The molecular weight excluding hydrogens is 470 g/mol. The first kappa shape index (κ1) is 21.5. The van der Waals surface area contributed by atoms with Crippen molar-refractivity contribution in [2.24, 2.45) is 5.10 Å². The van der Waals surface area contributed by atoms with Gasteiger partial charge in [-0.1, -0.05) is 46.3 Å². The number of para-hydroxylation sites is 1. The molecule has 0 bridgehead atoms. The van der Waals surface area contributed by atoms with E-state index in [1.165, 1.54) is 24.4 Å². The van der Waals surface area contributed by atoms with Gasteiger partial charge in [0, 0.05) is 10.0 Å². The molecule has 0 fully saturated rings. The van der Waals surface area contributed by atoms with Crippen molar-refractivity contribution in [2.75, 3.05) is 10.8 Å². The molecule has 0 saturated carbocycles. The molecule has 0 aliphatic heterocycles. The minimum atomic E-state index is -3.98. The molecule has 7 nitrogen and oxygen atoms in total. The summed E-state index contributed by atoms with van der Waals surface area (Å²) in [6.07, 6.45) is 1.28. The Labute approximate surface area is 182 Å². The molecule has 0 spiro atoms. The number of aromatic hydroxyl groups is 1. The number of hydrazone groups is 1. The number of rotatable bonds is 7. The Morgan fingerprint density at radius 3 is 2.30 bits per heavy atom. The van der Waals surface area contributed by atoms with Gasteiger partial charge in [0.15, 0.2) is 0 Å². The molecule has 0 heterocycles. The van der Waals surface area contributed by atoms with E-state index in [0.29, 0.717) is 11.3 Å². The fourth-order valence-electron chi connectivity index (χ4n) is 2.58. The number of carbonyl (C=O) groups excluding carboxylic acids is 1. The monoisotopic (exact) mass is 487 g/mol. The number of benzene rings is 3. The van der Waals surface area contributed by atoms with Crippen LogP contribution in [0.2, 0.25) is 0 Å². The number of sulfonamides is 1. The van der Waals surface area contributed by atoms with E-state index in [-0.39, 0.29) is 10.6 Å². The summed E-state index contributed by atoms with van der Waals surface area (Å²) < 4.78 is 28.1. The van der Waals surface area contributed by atoms with E-state index in [9.17, 15) is 18.3 Å². The maximum absolute atomic E-state index is 13.2. The van der Waals surface area contributed by atoms with Crippen LogP contribution in [0, 0.1) is 0 Å². The number of amides is 1. The molecular formula is C21H18BrN3O4S. The number of halogens is 1. The van der Waals surface area contributed by atoms with Gasteiger partial charge in [0.05, 0.1) is 16.8 Å². The van der Waals surface area contributed by atoms with Crippen LogP contribution in [-0.4, -0.2) is 32.2 Å². The predicted octanol–water partition coefficient (Wildman–Crippen LogP) is 3.50. The van der Waals surface area contributed by atoms with Gasteiger partial charge in [-0.25, -0.2) is 13.8 Å². The summed E-state index contributed by atoms with van der Waals surface area (Å²) in [4.78, 5) is 12.5. The van der Waals surface area contributed by atoms with Gasteiger partial charge in [-0.3, -0.25) is 9.10 Å². The number of carbonyl (C=O) groups is 1. The van der Waals surface area contributed by atoms with E-state index in [4.69, 9.17) is 0 Å². The molecule has 3 aromatic rings. The predicted molar refractivity (Wildman–Crippen MR) is 119 cm³/mol. The molecule has 1 amide bonds. The Bertz CT molecular complexity index is 1150. The van der Waals surface area contributed by atoms with Crippen molar-refractivity contribution in [3.63, 3.8) is 0 Å². The number of nitrogens with one attached hydrogen (secondary N) is 1. The van der Waals surface area contributed by atoms with Gasteiger partial charge in [0.1, 0.15) is 12.3 Å². The van der Waals surface area contributed by atoms with Crippen LogP contribution in [0.15, 0.2) is 93.3 Å². The molecule has 30 heavy (non-hydrogen) atoms. The number of nitrogens with zero attached hydrogens (tertiary/aromatic N) is 2. The zero-order valence-corrected chi connectivity index (χ0v) is 18.0. The highest BCUT2D eigenvalue weighted by Gasteiger charge is 2.27. The van der Waals surface area contributed by atoms with Crippen LogP contribution in [-0.2, 0) is 14.8 Å². The normalized spacial score (nSPS) is 11.4. The van der Waals surface area contributed by atoms with Gasteiger partial charge < -0.3 is 5.11 Å². The number of phenolic OH excluding ortho intramolecular Hbond substituents is 1. The summed E-state index contributed by atoms with van der Waals surface area (Å²) in [7, 11) is -3.98. The summed E-state index contributed by atoms with van der Waals surface area (Å²) in [5.41, 5.74) is 3.05. The van der Waals surface area contributed by atoms with Crippen LogP contribution in [0.25, 0.3) is 0 Å². The van der Waals surface area contributed by atoms with Gasteiger partial charge in [-0.05, 0) is 48.5 Å². The highest BCUT2D eigenvalue weighted by atomic mass is 79.9. The minimum Gasteiger partial charge on any atom is -0.507 e. The Morgan fingerprint density at radius 1 is 1.00 bits per heavy atom. The number of hydrogen-bond donors (Lipinski definition) is 2. The quantitative estimate of drug-likeness (QED) is 0.393. The maximum Gasteiger partial charge on any atom is 0.264 e. The lowest BCUT2D eigenvalue weighted by molar-refractivity contribution is -0.119. The zero-order chi connectivity index (χ0) is 21.6. The first-order valence-corrected chi connectivity index (χ1v) is 11.0. The fraction of sp³-hybridized carbons (Fsp3) is 0.0476. The zero-order valence-electron chi connectivity index (χ0n) is 15.6. The van der Waals surface area contributed by atoms with Crippen molar-refractivity contribution in [1.29, 1.82) is 0 Å². The van der Waals surface area contributed by atoms with Crippen LogP contribution in [0.1, 0.15) is 5.56 Å². The van der Waals surface area contributed by atoms with Crippen molar-refractivity contribution >= 4 is 43.8 Å². The van der Waals surface area contributed by atoms with Crippen molar-refractivity contribution in [2.45, 2.75) is 4.90 Å². The number of hydrogen-bond acceptors (Lipinski definition) is 5. The van der Waals surface area contributed by atoms with Crippen molar-refractivity contribution in [3.05, 3.63) is 88.9 Å². The largest absolute Gasteiger partial charge is 0.507 e. The Hall–Kier alpha value is -3.17. The second-order valence-electron chi connectivity index (χ2n) is 6.15. The van der Waals surface area contributed by atoms with E-state index in [1.807, 2.05) is 0 Å². The third-order valence-corrected chi connectivity index (χ3v) is 6.38. The molecule has 2 N–H and O–H groups in total. The molecule has 0 radical (unpaired) electrons. The second kappa shape index (κ2) is 9.55. The molecule has 3 aromatic carbocycles. The molecule has 154 valence electrons. The molecule has 0 saturated heterocycles. The van der Waals surface area contributed by atoms with E-state index in [0.717, 1.165) is 8.78 Å². The number of anilines is 1. The highest BCUT2D eigenvalue weighted by molar-refractivity contribution is 9.10. The summed E-state index contributed by atoms with van der Waals surface area (Å²) in [5, 5.41) is 13.5. The van der Waals surface area contributed by atoms with Gasteiger partial charge in [0.25, 0.3) is 15.9 Å². The average molecular weight is 488 g/mol. The van der Waals surface area contributed by atoms with Crippen LogP contribution in [0.3, 0.4) is 0 Å². The number of phenols is 1. The smallest absolute Gasteiger partial charge is 0.264 e. The van der Waals surface area contributed by atoms with E-state index >= 15 is 0 Å². The fourth-order valence-corrected chi connectivity index (χ4v) is 4.28. The van der Waals surface area contributed by atoms with Gasteiger partial charge in [-0.2, -0.15) is 5.10 Å². The highest BCUT2D eigenvalue weighted by Crippen LogP contribution is 2.25. The summed E-state index contributed by atoms with van der Waals surface area (Å²) in [6.45, 7) is -0.475. The summed E-state index contributed by atoms with van der Waals surface area (Å²) in [5.74, 6) is -0.622. The van der Waals surface area contributed by atoms with Gasteiger partial charge >= 0.3 is 0 Å². The molecule has 0 aliphatic rings. The van der Waals surface area contributed by atoms with Crippen LogP contribution < -0.4 is 9.73 Å².